The summed E-state index contributed by atoms with van der Waals surface area (Å²) in [7, 11) is 0. The molecule has 0 radical (unpaired) electrons. The number of benzene rings is 1. The Kier molecular flexibility index (Phi) is 4.73. The van der Waals surface area contributed by atoms with Crippen molar-refractivity contribution in [2.75, 3.05) is 19.8 Å². The lowest BCUT2D eigenvalue weighted by Crippen LogP contribution is -2.30. The van der Waals surface area contributed by atoms with Crippen molar-refractivity contribution in [3.63, 3.8) is 0 Å². The van der Waals surface area contributed by atoms with Gasteiger partial charge in [-0.2, -0.15) is 0 Å². The van der Waals surface area contributed by atoms with Gasteiger partial charge in [0.25, 0.3) is 0 Å². The molecule has 2 N–H and O–H groups in total. The second kappa shape index (κ2) is 6.52. The Bertz CT molecular complexity index is 374. The second-order valence-electron chi connectivity index (χ2n) is 4.65. The van der Waals surface area contributed by atoms with Gasteiger partial charge < -0.3 is 15.2 Å². The molecule has 2 unspecified atom stereocenters. The molecule has 1 aliphatic rings. The van der Waals surface area contributed by atoms with Gasteiger partial charge in [0.05, 0.1) is 0 Å². The standard InChI is InChI=1S/C14H19NO3/c16-14(17)13(12-4-2-1-3-5-12)15-8-6-11-7-9-18-10-11/h1-5,11,13,15H,6-10H2,(H,16,17). The zero-order chi connectivity index (χ0) is 12.8. The topological polar surface area (TPSA) is 58.6 Å². The lowest BCUT2D eigenvalue weighted by molar-refractivity contribution is -0.139. The lowest BCUT2D eigenvalue weighted by Gasteiger charge is -2.16. The average Bonchev–Trinajstić information content (AvgIpc) is 2.88. The monoisotopic (exact) mass is 249 g/mol. The first-order valence-corrected chi connectivity index (χ1v) is 6.36. The zero-order valence-electron chi connectivity index (χ0n) is 10.3. The van der Waals surface area contributed by atoms with Crippen LogP contribution in [-0.4, -0.2) is 30.8 Å². The van der Waals surface area contributed by atoms with Crippen LogP contribution in [0.2, 0.25) is 0 Å². The van der Waals surface area contributed by atoms with Crippen LogP contribution in [0, 0.1) is 5.92 Å². The maximum absolute atomic E-state index is 11.2. The fourth-order valence-corrected chi connectivity index (χ4v) is 2.24. The highest BCUT2D eigenvalue weighted by molar-refractivity contribution is 5.75. The van der Waals surface area contributed by atoms with Crippen LogP contribution in [0.3, 0.4) is 0 Å². The van der Waals surface area contributed by atoms with Crippen molar-refractivity contribution < 1.29 is 14.6 Å². The minimum Gasteiger partial charge on any atom is -0.480 e. The zero-order valence-corrected chi connectivity index (χ0v) is 10.3. The number of carboxylic acids is 1. The molecule has 1 fully saturated rings. The summed E-state index contributed by atoms with van der Waals surface area (Å²) < 4.78 is 5.30. The van der Waals surface area contributed by atoms with Crippen molar-refractivity contribution in [1.29, 1.82) is 0 Å². The summed E-state index contributed by atoms with van der Waals surface area (Å²) in [5.74, 6) is -0.258. The Labute approximate surface area is 107 Å². The number of hydrogen-bond donors (Lipinski definition) is 2. The van der Waals surface area contributed by atoms with E-state index in [4.69, 9.17) is 4.74 Å². The van der Waals surface area contributed by atoms with E-state index >= 15 is 0 Å². The van der Waals surface area contributed by atoms with E-state index in [1.165, 1.54) is 0 Å². The SMILES string of the molecule is O=C(O)C(NCCC1CCOC1)c1ccccc1. The highest BCUT2D eigenvalue weighted by atomic mass is 16.5. The Balaban J connectivity index is 1.85. The predicted molar refractivity (Wildman–Crippen MR) is 68.4 cm³/mol. The Morgan fingerprint density at radius 2 is 2.22 bits per heavy atom. The van der Waals surface area contributed by atoms with Gasteiger partial charge in [-0.15, -0.1) is 0 Å². The third-order valence-corrected chi connectivity index (χ3v) is 3.30. The highest BCUT2D eigenvalue weighted by Gasteiger charge is 2.20. The molecule has 0 aliphatic carbocycles. The first-order chi connectivity index (χ1) is 8.77. The number of rotatable bonds is 6. The van der Waals surface area contributed by atoms with Gasteiger partial charge in [-0.25, -0.2) is 0 Å². The van der Waals surface area contributed by atoms with Gasteiger partial charge in [0.1, 0.15) is 6.04 Å². The molecule has 0 amide bonds. The van der Waals surface area contributed by atoms with Gasteiger partial charge in [-0.3, -0.25) is 4.79 Å². The van der Waals surface area contributed by atoms with E-state index in [0.29, 0.717) is 12.5 Å². The Hall–Kier alpha value is -1.39. The molecule has 0 spiro atoms. The van der Waals surface area contributed by atoms with Gasteiger partial charge in [0, 0.05) is 13.2 Å². The second-order valence-corrected chi connectivity index (χ2v) is 4.65. The Morgan fingerprint density at radius 1 is 1.44 bits per heavy atom. The lowest BCUT2D eigenvalue weighted by atomic mass is 10.0. The number of nitrogens with one attached hydrogen (secondary N) is 1. The summed E-state index contributed by atoms with van der Waals surface area (Å²) in [6.07, 6.45) is 2.06. The molecule has 4 heteroatoms. The van der Waals surface area contributed by atoms with Crippen LogP contribution < -0.4 is 5.32 Å². The molecule has 2 rings (SSSR count). The first kappa shape index (κ1) is 13.1. The van der Waals surface area contributed by atoms with E-state index in [1.807, 2.05) is 30.3 Å². The third kappa shape index (κ3) is 3.55. The molecule has 4 nitrogen and oxygen atoms in total. The maximum Gasteiger partial charge on any atom is 0.325 e. The molecular formula is C14H19NO3. The van der Waals surface area contributed by atoms with Crippen molar-refractivity contribution in [3.05, 3.63) is 35.9 Å². The van der Waals surface area contributed by atoms with Gasteiger partial charge in [-0.05, 0) is 30.9 Å². The molecule has 0 bridgehead atoms. The molecule has 1 aliphatic heterocycles. The highest BCUT2D eigenvalue weighted by Crippen LogP contribution is 2.17. The summed E-state index contributed by atoms with van der Waals surface area (Å²) in [6.45, 7) is 2.36. The molecule has 1 aromatic carbocycles. The van der Waals surface area contributed by atoms with Gasteiger partial charge >= 0.3 is 5.97 Å². The van der Waals surface area contributed by atoms with Gasteiger partial charge in [0.2, 0.25) is 0 Å². The molecule has 98 valence electrons. The number of carbonyl (C=O) groups is 1. The molecule has 0 aromatic heterocycles. The first-order valence-electron chi connectivity index (χ1n) is 6.36. The van der Waals surface area contributed by atoms with Crippen molar-refractivity contribution in [2.24, 2.45) is 5.92 Å². The Morgan fingerprint density at radius 3 is 2.83 bits per heavy atom. The number of ether oxygens (including phenoxy) is 1. The number of carboxylic acid groups (broad SMARTS) is 1. The van der Waals surface area contributed by atoms with Crippen LogP contribution in [0.15, 0.2) is 30.3 Å². The summed E-state index contributed by atoms with van der Waals surface area (Å²) in [6, 6.07) is 8.66. The largest absolute Gasteiger partial charge is 0.480 e. The van der Waals surface area contributed by atoms with Crippen LogP contribution in [-0.2, 0) is 9.53 Å². The summed E-state index contributed by atoms with van der Waals surface area (Å²) in [5.41, 5.74) is 0.799. The van der Waals surface area contributed by atoms with Crippen molar-refractivity contribution in [2.45, 2.75) is 18.9 Å². The third-order valence-electron chi connectivity index (χ3n) is 3.30. The predicted octanol–water partition coefficient (Wildman–Crippen LogP) is 1.83. The van der Waals surface area contributed by atoms with Crippen LogP contribution in [0.4, 0.5) is 0 Å². The van der Waals surface area contributed by atoms with Crippen LogP contribution in [0.25, 0.3) is 0 Å². The number of hydrogen-bond acceptors (Lipinski definition) is 3. The fraction of sp³-hybridized carbons (Fsp3) is 0.500. The van der Waals surface area contributed by atoms with Gasteiger partial charge in [0.15, 0.2) is 0 Å². The van der Waals surface area contributed by atoms with E-state index < -0.39 is 12.0 Å². The quantitative estimate of drug-likeness (QED) is 0.807. The average molecular weight is 249 g/mol. The summed E-state index contributed by atoms with van der Waals surface area (Å²) >= 11 is 0. The molecule has 2 atom stereocenters. The smallest absolute Gasteiger partial charge is 0.325 e. The molecule has 18 heavy (non-hydrogen) atoms. The van der Waals surface area contributed by atoms with Crippen molar-refractivity contribution in [1.82, 2.24) is 5.32 Å². The van der Waals surface area contributed by atoms with Crippen LogP contribution >= 0.6 is 0 Å². The fourth-order valence-electron chi connectivity index (χ4n) is 2.24. The molecule has 1 aromatic rings. The van der Waals surface area contributed by atoms with E-state index in [9.17, 15) is 9.90 Å². The summed E-state index contributed by atoms with van der Waals surface area (Å²) in [4.78, 5) is 11.2. The van der Waals surface area contributed by atoms with Gasteiger partial charge in [-0.1, -0.05) is 30.3 Å². The minimum atomic E-state index is -0.830. The summed E-state index contributed by atoms with van der Waals surface area (Å²) in [5, 5.41) is 12.3. The van der Waals surface area contributed by atoms with E-state index in [0.717, 1.165) is 31.6 Å². The maximum atomic E-state index is 11.2. The molecule has 0 saturated carbocycles. The number of aliphatic carboxylic acids is 1. The molecule has 1 saturated heterocycles. The van der Waals surface area contributed by atoms with E-state index in [2.05, 4.69) is 5.32 Å². The van der Waals surface area contributed by atoms with E-state index in [-0.39, 0.29) is 0 Å². The van der Waals surface area contributed by atoms with Crippen molar-refractivity contribution >= 4 is 5.97 Å². The van der Waals surface area contributed by atoms with Crippen LogP contribution in [0.1, 0.15) is 24.4 Å². The minimum absolute atomic E-state index is 0.572. The molecular weight excluding hydrogens is 230 g/mol. The normalized spacial score (nSPS) is 20.8. The van der Waals surface area contributed by atoms with E-state index in [1.54, 1.807) is 0 Å². The van der Waals surface area contributed by atoms with Crippen LogP contribution in [0.5, 0.6) is 0 Å². The van der Waals surface area contributed by atoms with Crippen molar-refractivity contribution in [3.8, 4) is 0 Å². The molecule has 1 heterocycles.